The molecule has 0 spiro atoms. The van der Waals surface area contributed by atoms with E-state index >= 15 is 0 Å². The molecule has 1 heterocycles. The van der Waals surface area contributed by atoms with Crippen molar-refractivity contribution in [2.75, 3.05) is 57.2 Å². The van der Waals surface area contributed by atoms with E-state index in [1.54, 1.807) is 14.2 Å². The standard InChI is InChI=1S/C20H24ClN3O3/c1-26-17-6-7-19(27-2)18(13-17)22-14-20(25)24-10-8-23(9-11-24)16-5-3-4-15(21)12-16/h3-7,12-13,22H,8-11,14H2,1-2H3. The van der Waals surface area contributed by atoms with Crippen molar-refractivity contribution in [1.82, 2.24) is 4.90 Å². The quantitative estimate of drug-likeness (QED) is 0.822. The lowest BCUT2D eigenvalue weighted by atomic mass is 10.2. The van der Waals surface area contributed by atoms with Gasteiger partial charge in [-0.2, -0.15) is 0 Å². The number of hydrogen-bond donors (Lipinski definition) is 1. The second-order valence-corrected chi connectivity index (χ2v) is 6.70. The summed E-state index contributed by atoms with van der Waals surface area (Å²) < 4.78 is 10.6. The van der Waals surface area contributed by atoms with Gasteiger partial charge in [0.05, 0.1) is 26.5 Å². The first-order valence-corrected chi connectivity index (χ1v) is 9.22. The summed E-state index contributed by atoms with van der Waals surface area (Å²) in [6.45, 7) is 3.15. The lowest BCUT2D eigenvalue weighted by Crippen LogP contribution is -2.50. The minimum absolute atomic E-state index is 0.0608. The second-order valence-electron chi connectivity index (χ2n) is 6.27. The maximum Gasteiger partial charge on any atom is 0.241 e. The van der Waals surface area contributed by atoms with Crippen molar-refractivity contribution in [3.05, 3.63) is 47.5 Å². The van der Waals surface area contributed by atoms with Gasteiger partial charge in [0, 0.05) is 43.0 Å². The predicted molar refractivity (Wildman–Crippen MR) is 108 cm³/mol. The molecular weight excluding hydrogens is 366 g/mol. The molecule has 1 N–H and O–H groups in total. The van der Waals surface area contributed by atoms with Gasteiger partial charge in [0.1, 0.15) is 11.5 Å². The molecule has 1 amide bonds. The van der Waals surface area contributed by atoms with E-state index in [0.29, 0.717) is 24.6 Å². The van der Waals surface area contributed by atoms with E-state index in [2.05, 4.69) is 10.2 Å². The third-order valence-electron chi connectivity index (χ3n) is 4.64. The number of hydrogen-bond acceptors (Lipinski definition) is 5. The SMILES string of the molecule is COc1ccc(OC)c(NCC(=O)N2CCN(c3cccc(Cl)c3)CC2)c1. The Hall–Kier alpha value is -2.60. The number of carbonyl (C=O) groups excluding carboxylic acids is 1. The Bertz CT molecular complexity index is 792. The van der Waals surface area contributed by atoms with Gasteiger partial charge in [0.25, 0.3) is 0 Å². The number of benzene rings is 2. The Labute approximate surface area is 164 Å². The molecule has 0 radical (unpaired) electrons. The molecule has 7 heteroatoms. The molecule has 2 aromatic carbocycles. The minimum Gasteiger partial charge on any atom is -0.497 e. The van der Waals surface area contributed by atoms with Gasteiger partial charge in [-0.1, -0.05) is 17.7 Å². The monoisotopic (exact) mass is 389 g/mol. The van der Waals surface area contributed by atoms with E-state index in [4.69, 9.17) is 21.1 Å². The van der Waals surface area contributed by atoms with Crippen molar-refractivity contribution in [1.29, 1.82) is 0 Å². The number of anilines is 2. The summed E-state index contributed by atoms with van der Waals surface area (Å²) in [5, 5.41) is 3.88. The van der Waals surface area contributed by atoms with Crippen LogP contribution in [0.4, 0.5) is 11.4 Å². The van der Waals surface area contributed by atoms with Crippen LogP contribution in [0.25, 0.3) is 0 Å². The molecule has 2 aromatic rings. The third-order valence-corrected chi connectivity index (χ3v) is 4.88. The zero-order chi connectivity index (χ0) is 19.2. The summed E-state index contributed by atoms with van der Waals surface area (Å²) >= 11 is 6.07. The fourth-order valence-electron chi connectivity index (χ4n) is 3.12. The predicted octanol–water partition coefficient (Wildman–Crippen LogP) is 3.12. The normalized spacial score (nSPS) is 14.0. The molecule has 6 nitrogen and oxygen atoms in total. The van der Waals surface area contributed by atoms with Crippen molar-refractivity contribution in [2.45, 2.75) is 0 Å². The van der Waals surface area contributed by atoms with Gasteiger partial charge in [-0.3, -0.25) is 4.79 Å². The molecule has 0 unspecified atom stereocenters. The van der Waals surface area contributed by atoms with Crippen LogP contribution in [0, 0.1) is 0 Å². The van der Waals surface area contributed by atoms with E-state index in [9.17, 15) is 4.79 Å². The lowest BCUT2D eigenvalue weighted by Gasteiger charge is -2.36. The Kier molecular flexibility index (Phi) is 6.29. The first-order chi connectivity index (χ1) is 13.1. The molecule has 1 fully saturated rings. The van der Waals surface area contributed by atoms with Crippen LogP contribution in [0.15, 0.2) is 42.5 Å². The van der Waals surface area contributed by atoms with E-state index in [1.807, 2.05) is 47.4 Å². The molecule has 27 heavy (non-hydrogen) atoms. The fraction of sp³-hybridized carbons (Fsp3) is 0.350. The van der Waals surface area contributed by atoms with E-state index < -0.39 is 0 Å². The van der Waals surface area contributed by atoms with Crippen LogP contribution in [0.5, 0.6) is 11.5 Å². The van der Waals surface area contributed by atoms with Crippen LogP contribution >= 0.6 is 11.6 Å². The number of nitrogens with zero attached hydrogens (tertiary/aromatic N) is 2. The first-order valence-electron chi connectivity index (χ1n) is 8.85. The van der Waals surface area contributed by atoms with Crippen LogP contribution in [0.2, 0.25) is 5.02 Å². The van der Waals surface area contributed by atoms with Gasteiger partial charge in [0.2, 0.25) is 5.91 Å². The molecule has 0 aliphatic carbocycles. The molecular formula is C20H24ClN3O3. The average molecular weight is 390 g/mol. The Balaban J connectivity index is 1.54. The largest absolute Gasteiger partial charge is 0.497 e. The van der Waals surface area contributed by atoms with Crippen molar-refractivity contribution in [2.24, 2.45) is 0 Å². The van der Waals surface area contributed by atoms with Crippen LogP contribution in [-0.2, 0) is 4.79 Å². The van der Waals surface area contributed by atoms with E-state index in [1.165, 1.54) is 0 Å². The summed E-state index contributed by atoms with van der Waals surface area (Å²) in [5.41, 5.74) is 1.83. The van der Waals surface area contributed by atoms with Gasteiger partial charge in [-0.05, 0) is 30.3 Å². The molecule has 3 rings (SSSR count). The molecule has 1 saturated heterocycles. The summed E-state index contributed by atoms with van der Waals surface area (Å²) in [7, 11) is 3.21. The van der Waals surface area contributed by atoms with Crippen molar-refractivity contribution >= 4 is 28.9 Å². The molecule has 144 valence electrons. The van der Waals surface area contributed by atoms with Gasteiger partial charge in [-0.15, -0.1) is 0 Å². The zero-order valence-electron chi connectivity index (χ0n) is 15.6. The number of halogens is 1. The number of rotatable bonds is 6. The highest BCUT2D eigenvalue weighted by Crippen LogP contribution is 2.28. The lowest BCUT2D eigenvalue weighted by molar-refractivity contribution is -0.129. The Morgan fingerprint density at radius 2 is 1.85 bits per heavy atom. The number of nitrogens with one attached hydrogen (secondary N) is 1. The Morgan fingerprint density at radius 1 is 1.07 bits per heavy atom. The Morgan fingerprint density at radius 3 is 2.52 bits per heavy atom. The molecule has 0 saturated carbocycles. The summed E-state index contributed by atoms with van der Waals surface area (Å²) in [6.07, 6.45) is 0. The third kappa shape index (κ3) is 4.77. The maximum atomic E-state index is 12.6. The van der Waals surface area contributed by atoms with Crippen molar-refractivity contribution in [3.8, 4) is 11.5 Å². The molecule has 0 bridgehead atoms. The van der Waals surface area contributed by atoms with Crippen molar-refractivity contribution in [3.63, 3.8) is 0 Å². The van der Waals surface area contributed by atoms with Gasteiger partial charge >= 0.3 is 0 Å². The second kappa shape index (κ2) is 8.86. The van der Waals surface area contributed by atoms with Crippen LogP contribution < -0.4 is 19.7 Å². The van der Waals surface area contributed by atoms with Crippen LogP contribution in [0.1, 0.15) is 0 Å². The molecule has 1 aliphatic heterocycles. The first kappa shape index (κ1) is 19.2. The molecule has 1 aliphatic rings. The minimum atomic E-state index is 0.0608. The smallest absolute Gasteiger partial charge is 0.241 e. The highest BCUT2D eigenvalue weighted by atomic mass is 35.5. The fourth-order valence-corrected chi connectivity index (χ4v) is 3.31. The average Bonchev–Trinajstić information content (AvgIpc) is 2.71. The van der Waals surface area contributed by atoms with Gasteiger partial charge in [0.15, 0.2) is 0 Å². The zero-order valence-corrected chi connectivity index (χ0v) is 16.3. The maximum absolute atomic E-state index is 12.6. The highest BCUT2D eigenvalue weighted by Gasteiger charge is 2.21. The van der Waals surface area contributed by atoms with E-state index in [0.717, 1.165) is 29.5 Å². The summed E-state index contributed by atoms with van der Waals surface area (Å²) in [6, 6.07) is 13.3. The molecule has 0 aromatic heterocycles. The van der Waals surface area contributed by atoms with Gasteiger partial charge < -0.3 is 24.6 Å². The summed E-state index contributed by atoms with van der Waals surface area (Å²) in [4.78, 5) is 16.7. The number of carbonyl (C=O) groups is 1. The number of piperazine rings is 1. The van der Waals surface area contributed by atoms with Crippen molar-refractivity contribution < 1.29 is 14.3 Å². The summed E-state index contributed by atoms with van der Waals surface area (Å²) in [5.74, 6) is 1.45. The topological polar surface area (TPSA) is 54.0 Å². The number of methoxy groups -OCH3 is 2. The molecule has 0 atom stereocenters. The number of amides is 1. The van der Waals surface area contributed by atoms with Gasteiger partial charge in [-0.25, -0.2) is 0 Å². The van der Waals surface area contributed by atoms with Crippen LogP contribution in [0.3, 0.4) is 0 Å². The highest BCUT2D eigenvalue weighted by molar-refractivity contribution is 6.30. The van der Waals surface area contributed by atoms with E-state index in [-0.39, 0.29) is 12.5 Å². The van der Waals surface area contributed by atoms with Crippen LogP contribution in [-0.4, -0.2) is 57.8 Å². The number of ether oxygens (including phenoxy) is 2.